The van der Waals surface area contributed by atoms with Gasteiger partial charge in [0.25, 0.3) is 5.91 Å². The first kappa shape index (κ1) is 34.5. The first-order valence-electron chi connectivity index (χ1n) is 13.0. The van der Waals surface area contributed by atoms with Crippen LogP contribution in [0.4, 0.5) is 5.69 Å². The van der Waals surface area contributed by atoms with Crippen LogP contribution in [0.15, 0.2) is 35.7 Å². The van der Waals surface area contributed by atoms with Gasteiger partial charge in [0.1, 0.15) is 12.5 Å². The normalized spacial score (nSPS) is 17.5. The van der Waals surface area contributed by atoms with Crippen LogP contribution in [-0.4, -0.2) is 59.8 Å². The third-order valence-corrected chi connectivity index (χ3v) is 5.91. The number of carbonyl (C=O) groups is 2. The van der Waals surface area contributed by atoms with Gasteiger partial charge in [-0.2, -0.15) is 0 Å². The Kier molecular flexibility index (Phi) is 19.2. The van der Waals surface area contributed by atoms with E-state index in [9.17, 15) is 4.79 Å². The van der Waals surface area contributed by atoms with E-state index in [0.29, 0.717) is 31.2 Å². The molecule has 1 amide bonds. The van der Waals surface area contributed by atoms with E-state index in [2.05, 4.69) is 17.6 Å². The molecule has 0 unspecified atom stereocenters. The average molecular weight is 522 g/mol. The number of amides is 1. The minimum absolute atomic E-state index is 0.168. The van der Waals surface area contributed by atoms with Crippen LogP contribution in [0.2, 0.25) is 0 Å². The monoisotopic (exact) mass is 521 g/mol. The van der Waals surface area contributed by atoms with Gasteiger partial charge in [-0.25, -0.2) is 5.84 Å². The summed E-state index contributed by atoms with van der Waals surface area (Å²) in [5.41, 5.74) is 8.88. The molecule has 0 saturated carbocycles. The van der Waals surface area contributed by atoms with Crippen molar-refractivity contribution in [3.8, 4) is 0 Å². The number of nitrogens with two attached hydrogens (primary N) is 2. The summed E-state index contributed by atoms with van der Waals surface area (Å²) in [5.74, 6) is 7.93. The molecule has 9 nitrogen and oxygen atoms in total. The van der Waals surface area contributed by atoms with E-state index in [4.69, 9.17) is 25.8 Å². The van der Waals surface area contributed by atoms with Gasteiger partial charge in [0, 0.05) is 33.9 Å². The molecule has 0 aromatic heterocycles. The molecular formula is C28H51N5O4. The van der Waals surface area contributed by atoms with Crippen LogP contribution >= 0.6 is 0 Å². The molecule has 37 heavy (non-hydrogen) atoms. The van der Waals surface area contributed by atoms with Crippen molar-refractivity contribution in [2.75, 3.05) is 52.1 Å². The minimum atomic E-state index is -0.280. The van der Waals surface area contributed by atoms with Crippen molar-refractivity contribution in [2.45, 2.75) is 53.4 Å². The summed E-state index contributed by atoms with van der Waals surface area (Å²) in [7, 11) is 3.45. The number of aryl methyl sites for hydroxylation is 1. The predicted octanol–water partition coefficient (Wildman–Crippen LogP) is 3.13. The molecule has 2 atom stereocenters. The second-order valence-corrected chi connectivity index (χ2v) is 9.94. The van der Waals surface area contributed by atoms with E-state index >= 15 is 0 Å². The number of nitrogens with zero attached hydrogens (tertiary/aromatic N) is 1. The first-order valence-corrected chi connectivity index (χ1v) is 13.0. The number of allylic oxidation sites excluding steroid dienone is 1. The van der Waals surface area contributed by atoms with E-state index in [1.54, 1.807) is 14.2 Å². The summed E-state index contributed by atoms with van der Waals surface area (Å²) in [4.78, 5) is 20.4. The van der Waals surface area contributed by atoms with Gasteiger partial charge in [0.05, 0.1) is 18.0 Å². The van der Waals surface area contributed by atoms with E-state index in [1.807, 2.05) is 51.8 Å². The van der Waals surface area contributed by atoms with Crippen molar-refractivity contribution in [1.82, 2.24) is 10.6 Å². The summed E-state index contributed by atoms with van der Waals surface area (Å²) >= 11 is 0. The molecule has 1 saturated heterocycles. The van der Waals surface area contributed by atoms with Crippen molar-refractivity contribution in [1.29, 1.82) is 0 Å². The molecule has 0 bridgehead atoms. The van der Waals surface area contributed by atoms with E-state index in [-0.39, 0.29) is 11.6 Å². The summed E-state index contributed by atoms with van der Waals surface area (Å²) in [6, 6.07) is 7.80. The topological polar surface area (TPSA) is 132 Å². The molecule has 1 aromatic carbocycles. The lowest BCUT2D eigenvalue weighted by molar-refractivity contribution is -0.117. The van der Waals surface area contributed by atoms with Crippen LogP contribution in [0.3, 0.4) is 0 Å². The number of methoxy groups -OCH3 is 2. The van der Waals surface area contributed by atoms with Gasteiger partial charge in [-0.15, -0.1) is 0 Å². The fourth-order valence-electron chi connectivity index (χ4n) is 3.94. The van der Waals surface area contributed by atoms with Gasteiger partial charge in [0.2, 0.25) is 0 Å². The second kappa shape index (κ2) is 20.6. The van der Waals surface area contributed by atoms with Gasteiger partial charge in [-0.3, -0.25) is 9.80 Å². The van der Waals surface area contributed by atoms with Crippen LogP contribution in [-0.2, 0) is 19.1 Å². The zero-order valence-corrected chi connectivity index (χ0v) is 23.8. The molecule has 9 heteroatoms. The zero-order valence-electron chi connectivity index (χ0n) is 23.8. The highest BCUT2D eigenvalue weighted by Crippen LogP contribution is 2.21. The first-order chi connectivity index (χ1) is 17.7. The lowest BCUT2D eigenvalue weighted by Gasteiger charge is -2.26. The summed E-state index contributed by atoms with van der Waals surface area (Å²) in [6.07, 6.45) is 3.64. The lowest BCUT2D eigenvalue weighted by atomic mass is 9.93. The number of rotatable bonds is 12. The molecule has 0 radical (unpaired) electrons. The van der Waals surface area contributed by atoms with Gasteiger partial charge in [-0.1, -0.05) is 38.5 Å². The standard InChI is InChI=1S/C19H32N4O2.C8H17NO.CH2O/c1-14(2)13-22-19(24)18(20)17(7-5-6-12-25-4)23(21)16-10-8-15(3)9-11-16;1-7-3-8(6-10-2)5-9-4-7;1-2/h8-11,14H,5-7,12-13,20-21H2,1-4H3,(H,22,24);7-9H,3-6H2,1-2H3;1H2/b18-17-;;/t;7-,8+;/m.0./s1. The molecular weight excluding hydrogens is 470 g/mol. The Morgan fingerprint density at radius 1 is 1.16 bits per heavy atom. The van der Waals surface area contributed by atoms with Crippen LogP contribution in [0.1, 0.15) is 52.0 Å². The van der Waals surface area contributed by atoms with Crippen LogP contribution in [0.5, 0.6) is 0 Å². The molecule has 1 fully saturated rings. The number of ether oxygens (including phenoxy) is 2. The highest BCUT2D eigenvalue weighted by Gasteiger charge is 2.18. The molecule has 212 valence electrons. The molecule has 1 heterocycles. The second-order valence-electron chi connectivity index (χ2n) is 9.94. The van der Waals surface area contributed by atoms with Crippen LogP contribution in [0.25, 0.3) is 0 Å². The Morgan fingerprint density at radius 2 is 1.81 bits per heavy atom. The quantitative estimate of drug-likeness (QED) is 0.143. The third kappa shape index (κ3) is 14.8. The lowest BCUT2D eigenvalue weighted by Crippen LogP contribution is -2.38. The average Bonchev–Trinajstić information content (AvgIpc) is 2.89. The maximum Gasteiger partial charge on any atom is 0.269 e. The smallest absolute Gasteiger partial charge is 0.269 e. The van der Waals surface area contributed by atoms with Crippen molar-refractivity contribution < 1.29 is 19.1 Å². The fourth-order valence-corrected chi connectivity index (χ4v) is 3.94. The largest absolute Gasteiger partial charge is 0.393 e. The van der Waals surface area contributed by atoms with Gasteiger partial charge in [0.15, 0.2) is 0 Å². The van der Waals surface area contributed by atoms with Gasteiger partial charge >= 0.3 is 0 Å². The number of hydrazine groups is 1. The number of hydrogen-bond donors (Lipinski definition) is 4. The van der Waals surface area contributed by atoms with Gasteiger partial charge in [-0.05, 0) is 69.0 Å². The Morgan fingerprint density at radius 3 is 2.35 bits per heavy atom. The number of anilines is 1. The van der Waals surface area contributed by atoms with Crippen LogP contribution < -0.4 is 27.2 Å². The number of piperidine rings is 1. The highest BCUT2D eigenvalue weighted by atomic mass is 16.5. The Bertz CT molecular complexity index is 768. The Hall–Kier alpha value is -2.46. The molecule has 2 rings (SSSR count). The fraction of sp³-hybridized carbons (Fsp3) is 0.643. The highest BCUT2D eigenvalue weighted by molar-refractivity contribution is 5.93. The summed E-state index contributed by atoms with van der Waals surface area (Å²) < 4.78 is 10.2. The summed E-state index contributed by atoms with van der Waals surface area (Å²) in [5, 5.41) is 7.75. The number of hydrogen-bond acceptors (Lipinski definition) is 8. The third-order valence-electron chi connectivity index (χ3n) is 5.91. The number of nitrogens with one attached hydrogen (secondary N) is 2. The maximum atomic E-state index is 12.4. The van der Waals surface area contributed by atoms with Crippen molar-refractivity contribution in [2.24, 2.45) is 29.3 Å². The summed E-state index contributed by atoms with van der Waals surface area (Å²) in [6.45, 7) is 14.8. The predicted molar refractivity (Wildman–Crippen MR) is 152 cm³/mol. The number of benzene rings is 1. The molecule has 1 aromatic rings. The molecule has 1 aliphatic rings. The molecule has 6 N–H and O–H groups in total. The maximum absolute atomic E-state index is 12.4. The molecule has 0 aliphatic carbocycles. The van der Waals surface area contributed by atoms with Crippen molar-refractivity contribution in [3.63, 3.8) is 0 Å². The van der Waals surface area contributed by atoms with Crippen molar-refractivity contribution in [3.05, 3.63) is 41.2 Å². The van der Waals surface area contributed by atoms with Crippen LogP contribution in [0, 0.1) is 24.7 Å². The van der Waals surface area contributed by atoms with E-state index < -0.39 is 0 Å². The minimum Gasteiger partial charge on any atom is -0.393 e. The Labute approximate surface area is 224 Å². The molecule has 1 aliphatic heterocycles. The number of unbranched alkanes of at least 4 members (excludes halogenated alkanes) is 1. The van der Waals surface area contributed by atoms with E-state index in [0.717, 1.165) is 49.1 Å². The van der Waals surface area contributed by atoms with E-state index in [1.165, 1.54) is 18.0 Å². The van der Waals surface area contributed by atoms with Crippen molar-refractivity contribution >= 4 is 18.4 Å². The number of carbonyl (C=O) groups excluding carboxylic acids is 2. The SMILES string of the molecule is C=O.COCCCC/C(=C(/N)C(=O)NCC(C)C)N(N)c1ccc(C)cc1.COC[C@H]1CNC[C@@H](C)C1. The zero-order chi connectivity index (χ0) is 28.2. The molecule has 0 spiro atoms. The Balaban J connectivity index is 0.000000894. The van der Waals surface area contributed by atoms with Gasteiger partial charge < -0.3 is 30.6 Å².